The second-order valence-corrected chi connectivity index (χ2v) is 4.79. The molecule has 1 N–H and O–H groups in total. The van der Waals surface area contributed by atoms with E-state index in [0.717, 1.165) is 36.3 Å². The smallest absolute Gasteiger partial charge is 0.227 e. The maximum Gasteiger partial charge on any atom is 0.227 e. The number of aryl methyl sites for hydroxylation is 1. The molecule has 0 saturated carbocycles. The molecule has 1 aliphatic heterocycles. The van der Waals surface area contributed by atoms with Crippen molar-refractivity contribution in [3.8, 4) is 0 Å². The van der Waals surface area contributed by atoms with Crippen molar-refractivity contribution in [2.75, 3.05) is 16.8 Å². The van der Waals surface area contributed by atoms with Crippen LogP contribution in [0.1, 0.15) is 38.7 Å². The maximum absolute atomic E-state index is 11.9. The highest BCUT2D eigenvalue weighted by molar-refractivity contribution is 5.97. The Labute approximate surface area is 113 Å². The van der Waals surface area contributed by atoms with Gasteiger partial charge in [0, 0.05) is 30.8 Å². The van der Waals surface area contributed by atoms with Gasteiger partial charge in [-0.1, -0.05) is 13.8 Å². The van der Waals surface area contributed by atoms with E-state index < -0.39 is 0 Å². The summed E-state index contributed by atoms with van der Waals surface area (Å²) in [6.07, 6.45) is 2.72. The van der Waals surface area contributed by atoms with Gasteiger partial charge in [-0.2, -0.15) is 0 Å². The molecular formula is C15H20N2O2. The van der Waals surface area contributed by atoms with Crippen molar-refractivity contribution >= 4 is 23.2 Å². The van der Waals surface area contributed by atoms with E-state index in [1.54, 1.807) is 0 Å². The first kappa shape index (κ1) is 13.6. The fourth-order valence-electron chi connectivity index (χ4n) is 2.36. The SMILES string of the molecule is CCCN1C(=O)CCc2cc(NC(=O)CC)ccc21. The van der Waals surface area contributed by atoms with E-state index in [-0.39, 0.29) is 11.8 Å². The van der Waals surface area contributed by atoms with Gasteiger partial charge >= 0.3 is 0 Å². The predicted octanol–water partition coefficient (Wildman–Crippen LogP) is 2.72. The van der Waals surface area contributed by atoms with Gasteiger partial charge in [0.15, 0.2) is 0 Å². The first-order chi connectivity index (χ1) is 9.15. The number of nitrogens with zero attached hydrogens (tertiary/aromatic N) is 1. The molecule has 102 valence electrons. The monoisotopic (exact) mass is 260 g/mol. The summed E-state index contributed by atoms with van der Waals surface area (Å²) >= 11 is 0. The van der Waals surface area contributed by atoms with Gasteiger partial charge in [0.25, 0.3) is 0 Å². The summed E-state index contributed by atoms with van der Waals surface area (Å²) in [5, 5.41) is 2.86. The van der Waals surface area contributed by atoms with Crippen molar-refractivity contribution in [3.05, 3.63) is 23.8 Å². The number of carbonyl (C=O) groups is 2. The van der Waals surface area contributed by atoms with Crippen molar-refractivity contribution < 1.29 is 9.59 Å². The fraction of sp³-hybridized carbons (Fsp3) is 0.467. The van der Waals surface area contributed by atoms with Crippen LogP contribution in [0.15, 0.2) is 18.2 Å². The first-order valence-electron chi connectivity index (χ1n) is 6.88. The molecule has 0 spiro atoms. The maximum atomic E-state index is 11.9. The second-order valence-electron chi connectivity index (χ2n) is 4.79. The molecule has 1 aliphatic rings. The third kappa shape index (κ3) is 2.95. The van der Waals surface area contributed by atoms with Crippen LogP contribution in [0.25, 0.3) is 0 Å². The van der Waals surface area contributed by atoms with Gasteiger partial charge in [-0.05, 0) is 36.6 Å². The van der Waals surface area contributed by atoms with Gasteiger partial charge in [-0.25, -0.2) is 0 Å². The van der Waals surface area contributed by atoms with E-state index >= 15 is 0 Å². The molecule has 19 heavy (non-hydrogen) atoms. The lowest BCUT2D eigenvalue weighted by Crippen LogP contribution is -2.35. The molecule has 1 heterocycles. The van der Waals surface area contributed by atoms with Gasteiger partial charge < -0.3 is 10.2 Å². The summed E-state index contributed by atoms with van der Waals surface area (Å²) in [7, 11) is 0. The largest absolute Gasteiger partial charge is 0.326 e. The number of anilines is 2. The van der Waals surface area contributed by atoms with Crippen LogP contribution >= 0.6 is 0 Å². The number of hydrogen-bond acceptors (Lipinski definition) is 2. The lowest BCUT2D eigenvalue weighted by molar-refractivity contribution is -0.119. The zero-order chi connectivity index (χ0) is 13.8. The molecule has 4 heteroatoms. The number of hydrogen-bond donors (Lipinski definition) is 1. The zero-order valence-electron chi connectivity index (χ0n) is 11.5. The van der Waals surface area contributed by atoms with Crippen LogP contribution < -0.4 is 10.2 Å². The van der Waals surface area contributed by atoms with Crippen molar-refractivity contribution in [1.82, 2.24) is 0 Å². The lowest BCUT2D eigenvalue weighted by Gasteiger charge is -2.29. The molecule has 1 aromatic rings. The summed E-state index contributed by atoms with van der Waals surface area (Å²) in [5.41, 5.74) is 2.95. The van der Waals surface area contributed by atoms with E-state index in [9.17, 15) is 9.59 Å². The van der Waals surface area contributed by atoms with Crippen LogP contribution in [0.3, 0.4) is 0 Å². The molecule has 0 radical (unpaired) electrons. The van der Waals surface area contributed by atoms with Crippen LogP contribution in [0.5, 0.6) is 0 Å². The normalized spacial score (nSPS) is 14.2. The summed E-state index contributed by atoms with van der Waals surface area (Å²) in [6, 6.07) is 5.79. The fourth-order valence-corrected chi connectivity index (χ4v) is 2.36. The predicted molar refractivity (Wildman–Crippen MR) is 76.3 cm³/mol. The standard InChI is InChI=1S/C15H20N2O2/c1-3-9-17-13-7-6-12(16-14(18)4-2)10-11(13)5-8-15(17)19/h6-7,10H,3-5,8-9H2,1-2H3,(H,16,18). The first-order valence-corrected chi connectivity index (χ1v) is 6.88. The van der Waals surface area contributed by atoms with E-state index in [4.69, 9.17) is 0 Å². The number of fused-ring (bicyclic) bond motifs is 1. The molecule has 0 aromatic heterocycles. The van der Waals surface area contributed by atoms with Gasteiger partial charge in [0.05, 0.1) is 0 Å². The van der Waals surface area contributed by atoms with Crippen molar-refractivity contribution in [2.45, 2.75) is 39.5 Å². The molecule has 0 aliphatic carbocycles. The third-order valence-corrected chi connectivity index (χ3v) is 3.33. The molecular weight excluding hydrogens is 240 g/mol. The zero-order valence-corrected chi connectivity index (χ0v) is 11.5. The quantitative estimate of drug-likeness (QED) is 0.905. The summed E-state index contributed by atoms with van der Waals surface area (Å²) in [4.78, 5) is 25.2. The minimum atomic E-state index is 0.0113. The minimum Gasteiger partial charge on any atom is -0.326 e. The molecule has 0 atom stereocenters. The van der Waals surface area contributed by atoms with Crippen molar-refractivity contribution in [2.24, 2.45) is 0 Å². The van der Waals surface area contributed by atoms with Crippen LogP contribution in [-0.4, -0.2) is 18.4 Å². The summed E-state index contributed by atoms with van der Waals surface area (Å²) in [5.74, 6) is 0.206. The summed E-state index contributed by atoms with van der Waals surface area (Å²) < 4.78 is 0. The van der Waals surface area contributed by atoms with Crippen LogP contribution in [0, 0.1) is 0 Å². The number of nitrogens with one attached hydrogen (secondary N) is 1. The molecule has 0 saturated heterocycles. The van der Waals surface area contributed by atoms with Gasteiger partial charge in [-0.3, -0.25) is 9.59 Å². The molecule has 2 rings (SSSR count). The highest BCUT2D eigenvalue weighted by atomic mass is 16.2. The van der Waals surface area contributed by atoms with Crippen LogP contribution in [0.4, 0.5) is 11.4 Å². The molecule has 0 unspecified atom stereocenters. The van der Waals surface area contributed by atoms with E-state index in [1.165, 1.54) is 0 Å². The highest BCUT2D eigenvalue weighted by Gasteiger charge is 2.23. The lowest BCUT2D eigenvalue weighted by atomic mass is 10.00. The Morgan fingerprint density at radius 1 is 1.32 bits per heavy atom. The Morgan fingerprint density at radius 3 is 2.79 bits per heavy atom. The number of amides is 2. The number of benzene rings is 1. The van der Waals surface area contributed by atoms with Gasteiger partial charge in [0.1, 0.15) is 0 Å². The minimum absolute atomic E-state index is 0.0113. The van der Waals surface area contributed by atoms with Crippen LogP contribution in [0.2, 0.25) is 0 Å². The van der Waals surface area contributed by atoms with Gasteiger partial charge in [-0.15, -0.1) is 0 Å². The summed E-state index contributed by atoms with van der Waals surface area (Å²) in [6.45, 7) is 4.65. The Hall–Kier alpha value is -1.84. The van der Waals surface area contributed by atoms with Gasteiger partial charge in [0.2, 0.25) is 11.8 Å². The average Bonchev–Trinajstić information content (AvgIpc) is 2.42. The second kappa shape index (κ2) is 5.87. The van der Waals surface area contributed by atoms with E-state index in [0.29, 0.717) is 12.8 Å². The highest BCUT2D eigenvalue weighted by Crippen LogP contribution is 2.30. The topological polar surface area (TPSA) is 49.4 Å². The Balaban J connectivity index is 2.25. The number of carbonyl (C=O) groups excluding carboxylic acids is 2. The molecule has 0 fully saturated rings. The van der Waals surface area contributed by atoms with Crippen molar-refractivity contribution in [1.29, 1.82) is 0 Å². The Bertz CT molecular complexity index is 497. The average molecular weight is 260 g/mol. The van der Waals surface area contributed by atoms with Crippen LogP contribution in [-0.2, 0) is 16.0 Å². The molecule has 0 bridgehead atoms. The molecule has 1 aromatic carbocycles. The Kier molecular flexibility index (Phi) is 4.20. The third-order valence-electron chi connectivity index (χ3n) is 3.33. The number of rotatable bonds is 4. The molecule has 2 amide bonds. The Morgan fingerprint density at radius 2 is 2.11 bits per heavy atom. The van der Waals surface area contributed by atoms with Crippen molar-refractivity contribution in [3.63, 3.8) is 0 Å². The molecule has 4 nitrogen and oxygen atoms in total. The van der Waals surface area contributed by atoms with E-state index in [2.05, 4.69) is 12.2 Å². The van der Waals surface area contributed by atoms with E-state index in [1.807, 2.05) is 30.0 Å².